The van der Waals surface area contributed by atoms with Crippen LogP contribution in [0.3, 0.4) is 0 Å². The van der Waals surface area contributed by atoms with Gasteiger partial charge in [0.2, 0.25) is 11.8 Å². The molecule has 1 aliphatic rings. The molecule has 0 spiro atoms. The van der Waals surface area contributed by atoms with E-state index in [0.29, 0.717) is 29.8 Å². The quantitative estimate of drug-likeness (QED) is 0.782. The van der Waals surface area contributed by atoms with Crippen molar-refractivity contribution in [3.63, 3.8) is 0 Å². The van der Waals surface area contributed by atoms with E-state index < -0.39 is 0 Å². The van der Waals surface area contributed by atoms with Gasteiger partial charge in [0.15, 0.2) is 5.78 Å². The highest BCUT2D eigenvalue weighted by molar-refractivity contribution is 7.10. The molecule has 3 heterocycles. The number of carbonyl (C=O) groups is 3. The first-order valence-electron chi connectivity index (χ1n) is 8.54. The number of rotatable bonds is 5. The minimum absolute atomic E-state index is 0.00135. The molecule has 0 radical (unpaired) electrons. The van der Waals surface area contributed by atoms with Crippen LogP contribution in [0.25, 0.3) is 0 Å². The van der Waals surface area contributed by atoms with Gasteiger partial charge in [-0.15, -0.1) is 11.3 Å². The molecule has 0 saturated carbocycles. The summed E-state index contributed by atoms with van der Waals surface area (Å²) in [5, 5.41) is 12.3. The number of ketones is 1. The molecule has 8 heteroatoms. The van der Waals surface area contributed by atoms with E-state index in [1.165, 1.54) is 6.92 Å². The summed E-state index contributed by atoms with van der Waals surface area (Å²) in [6.45, 7) is 5.10. The average molecular weight is 374 g/mol. The number of thiophene rings is 1. The summed E-state index contributed by atoms with van der Waals surface area (Å²) >= 11 is 1.56. The van der Waals surface area contributed by atoms with Gasteiger partial charge in [-0.25, -0.2) is 0 Å². The molecule has 138 valence electrons. The van der Waals surface area contributed by atoms with Crippen LogP contribution in [-0.2, 0) is 16.1 Å². The molecule has 2 N–H and O–H groups in total. The number of Topliss-reactive ketones (excluding diaryl/α,β-unsaturated/α-hetero) is 1. The van der Waals surface area contributed by atoms with Crippen LogP contribution in [0.5, 0.6) is 0 Å². The molecular weight excluding hydrogens is 352 g/mol. The molecule has 3 rings (SSSR count). The fourth-order valence-electron chi connectivity index (χ4n) is 3.44. The molecule has 2 aromatic rings. The Hall–Kier alpha value is -2.48. The van der Waals surface area contributed by atoms with Crippen LogP contribution in [-0.4, -0.2) is 33.4 Å². The van der Waals surface area contributed by atoms with E-state index in [1.807, 2.05) is 17.5 Å². The number of aryl methyl sites for hydroxylation is 1. The number of nitrogens with one attached hydrogen (secondary N) is 2. The highest BCUT2D eigenvalue weighted by Gasteiger charge is 2.31. The molecule has 0 aromatic carbocycles. The Kier molecular flexibility index (Phi) is 5.22. The van der Waals surface area contributed by atoms with Crippen molar-refractivity contribution in [2.45, 2.75) is 52.2 Å². The fourth-order valence-corrected chi connectivity index (χ4v) is 4.28. The normalized spacial score (nSPS) is 19.9. The second-order valence-corrected chi connectivity index (χ2v) is 7.51. The van der Waals surface area contributed by atoms with E-state index in [4.69, 9.17) is 0 Å². The molecule has 26 heavy (non-hydrogen) atoms. The van der Waals surface area contributed by atoms with Gasteiger partial charge in [-0.3, -0.25) is 19.1 Å². The fraction of sp³-hybridized carbons (Fsp3) is 0.444. The number of piperidine rings is 1. The molecule has 0 aliphatic carbocycles. The molecule has 1 saturated heterocycles. The minimum Gasteiger partial charge on any atom is -0.349 e. The van der Waals surface area contributed by atoms with Crippen LogP contribution in [0.2, 0.25) is 0 Å². The Morgan fingerprint density at radius 3 is 2.81 bits per heavy atom. The lowest BCUT2D eigenvalue weighted by Gasteiger charge is -2.32. The van der Waals surface area contributed by atoms with Gasteiger partial charge in [0.1, 0.15) is 6.54 Å². The van der Waals surface area contributed by atoms with E-state index in [1.54, 1.807) is 29.9 Å². The Labute approximate surface area is 155 Å². The van der Waals surface area contributed by atoms with Gasteiger partial charge >= 0.3 is 0 Å². The summed E-state index contributed by atoms with van der Waals surface area (Å²) < 4.78 is 1.56. The van der Waals surface area contributed by atoms with Crippen LogP contribution in [0.4, 0.5) is 0 Å². The van der Waals surface area contributed by atoms with Crippen molar-refractivity contribution in [1.29, 1.82) is 0 Å². The van der Waals surface area contributed by atoms with Gasteiger partial charge in [0.25, 0.3) is 0 Å². The first-order chi connectivity index (χ1) is 12.4. The third-order valence-corrected chi connectivity index (χ3v) is 5.58. The lowest BCUT2D eigenvalue weighted by molar-refractivity contribution is -0.127. The maximum absolute atomic E-state index is 12.6. The van der Waals surface area contributed by atoms with Gasteiger partial charge in [0, 0.05) is 17.0 Å². The summed E-state index contributed by atoms with van der Waals surface area (Å²) in [6, 6.07) is 3.51. The van der Waals surface area contributed by atoms with E-state index in [-0.39, 0.29) is 36.2 Å². The summed E-state index contributed by atoms with van der Waals surface area (Å²) in [4.78, 5) is 37.1. The van der Waals surface area contributed by atoms with E-state index >= 15 is 0 Å². The van der Waals surface area contributed by atoms with Crippen molar-refractivity contribution >= 4 is 28.9 Å². The van der Waals surface area contributed by atoms with Crippen molar-refractivity contribution in [2.24, 2.45) is 0 Å². The summed E-state index contributed by atoms with van der Waals surface area (Å²) in [7, 11) is 0. The molecule has 7 nitrogen and oxygen atoms in total. The number of carbonyl (C=O) groups excluding carboxylic acids is 3. The number of hydrogen-bond acceptors (Lipinski definition) is 5. The first-order valence-corrected chi connectivity index (χ1v) is 9.42. The highest BCUT2D eigenvalue weighted by Crippen LogP contribution is 2.27. The van der Waals surface area contributed by atoms with Crippen molar-refractivity contribution in [1.82, 2.24) is 20.4 Å². The summed E-state index contributed by atoms with van der Waals surface area (Å²) in [6.07, 6.45) is 0.983. The molecule has 2 aromatic heterocycles. The Balaban J connectivity index is 1.72. The standard InChI is InChI=1S/C18H22N4O3S/c1-10-17(12(3)23)11(2)22(21-10)9-16(25)19-13-6-7-15(24)20-18(13)14-5-4-8-26-14/h4-5,8,13,18H,6-7,9H2,1-3H3,(H,19,25)(H,20,24)/t13-,18-/m1/s1. The number of hydrogen-bond donors (Lipinski definition) is 2. The van der Waals surface area contributed by atoms with E-state index in [9.17, 15) is 14.4 Å². The second kappa shape index (κ2) is 7.41. The zero-order valence-corrected chi connectivity index (χ0v) is 15.9. The summed E-state index contributed by atoms with van der Waals surface area (Å²) in [5.74, 6) is -0.244. The predicted octanol–water partition coefficient (Wildman–Crippen LogP) is 1.90. The third kappa shape index (κ3) is 3.70. The van der Waals surface area contributed by atoms with Gasteiger partial charge in [-0.05, 0) is 38.6 Å². The Morgan fingerprint density at radius 1 is 1.42 bits per heavy atom. The van der Waals surface area contributed by atoms with Crippen LogP contribution in [0, 0.1) is 13.8 Å². The van der Waals surface area contributed by atoms with Gasteiger partial charge in [-0.2, -0.15) is 5.10 Å². The topological polar surface area (TPSA) is 93.1 Å². The van der Waals surface area contributed by atoms with Gasteiger partial charge < -0.3 is 10.6 Å². The zero-order chi connectivity index (χ0) is 18.8. The molecule has 1 fully saturated rings. The molecule has 2 amide bonds. The predicted molar refractivity (Wildman–Crippen MR) is 98.1 cm³/mol. The average Bonchev–Trinajstić information content (AvgIpc) is 3.18. The SMILES string of the molecule is CC(=O)c1c(C)nn(CC(=O)N[C@@H]2CCC(=O)N[C@H]2c2cccs2)c1C. The maximum Gasteiger partial charge on any atom is 0.242 e. The van der Waals surface area contributed by atoms with Crippen molar-refractivity contribution in [3.8, 4) is 0 Å². The lowest BCUT2D eigenvalue weighted by atomic mass is 9.96. The summed E-state index contributed by atoms with van der Waals surface area (Å²) in [5.41, 5.74) is 1.89. The monoisotopic (exact) mass is 374 g/mol. The smallest absolute Gasteiger partial charge is 0.242 e. The van der Waals surface area contributed by atoms with Crippen molar-refractivity contribution in [2.75, 3.05) is 0 Å². The Bertz CT molecular complexity index is 841. The highest BCUT2D eigenvalue weighted by atomic mass is 32.1. The van der Waals surface area contributed by atoms with Gasteiger partial charge in [0.05, 0.1) is 23.3 Å². The number of amides is 2. The van der Waals surface area contributed by atoms with Crippen molar-refractivity contribution in [3.05, 3.63) is 39.3 Å². The molecule has 2 atom stereocenters. The van der Waals surface area contributed by atoms with E-state index in [0.717, 1.165) is 4.88 Å². The maximum atomic E-state index is 12.6. The first kappa shape index (κ1) is 18.3. The van der Waals surface area contributed by atoms with Crippen molar-refractivity contribution < 1.29 is 14.4 Å². The van der Waals surface area contributed by atoms with Gasteiger partial charge in [-0.1, -0.05) is 6.07 Å². The second-order valence-electron chi connectivity index (χ2n) is 6.53. The number of aromatic nitrogens is 2. The zero-order valence-electron chi connectivity index (χ0n) is 15.0. The third-order valence-electron chi connectivity index (χ3n) is 4.62. The van der Waals surface area contributed by atoms with Crippen LogP contribution in [0.1, 0.15) is 52.4 Å². The van der Waals surface area contributed by atoms with Crippen LogP contribution in [0.15, 0.2) is 17.5 Å². The van der Waals surface area contributed by atoms with Crippen LogP contribution < -0.4 is 10.6 Å². The molecular formula is C18H22N4O3S. The van der Waals surface area contributed by atoms with Crippen LogP contribution >= 0.6 is 11.3 Å². The molecule has 0 unspecified atom stereocenters. The van der Waals surface area contributed by atoms with E-state index in [2.05, 4.69) is 15.7 Å². The Morgan fingerprint density at radius 2 is 2.19 bits per heavy atom. The number of nitrogens with zero attached hydrogens (tertiary/aromatic N) is 2. The molecule has 1 aliphatic heterocycles. The lowest BCUT2D eigenvalue weighted by Crippen LogP contribution is -2.50. The largest absolute Gasteiger partial charge is 0.349 e. The molecule has 0 bridgehead atoms. The minimum atomic E-state index is -0.214.